The van der Waals surface area contributed by atoms with Crippen LogP contribution in [0.1, 0.15) is 30.1 Å². The SMILES string of the molecule is CCCC(NC(=O)c1ccc(OC(F)F)cc1)C(N)=S. The van der Waals surface area contributed by atoms with Crippen molar-refractivity contribution in [2.24, 2.45) is 5.73 Å². The summed E-state index contributed by atoms with van der Waals surface area (Å²) in [6.07, 6.45) is 1.47. The fourth-order valence-corrected chi connectivity index (χ4v) is 1.78. The van der Waals surface area contributed by atoms with Crippen LogP contribution in [-0.2, 0) is 0 Å². The number of nitrogens with two attached hydrogens (primary N) is 1. The summed E-state index contributed by atoms with van der Waals surface area (Å²) in [5, 5.41) is 2.70. The molecule has 3 N–H and O–H groups in total. The quantitative estimate of drug-likeness (QED) is 0.760. The normalized spacial score (nSPS) is 12.0. The van der Waals surface area contributed by atoms with Crippen molar-refractivity contribution in [3.63, 3.8) is 0 Å². The Morgan fingerprint density at radius 3 is 2.45 bits per heavy atom. The van der Waals surface area contributed by atoms with Crippen LogP contribution in [0.5, 0.6) is 5.75 Å². The van der Waals surface area contributed by atoms with E-state index in [4.69, 9.17) is 18.0 Å². The van der Waals surface area contributed by atoms with E-state index >= 15 is 0 Å². The zero-order chi connectivity index (χ0) is 15.1. The van der Waals surface area contributed by atoms with Gasteiger partial charge in [-0.2, -0.15) is 8.78 Å². The second kappa shape index (κ2) is 7.74. The standard InChI is InChI=1S/C13H16F2N2O2S/c1-2-3-10(11(16)20)17-12(18)8-4-6-9(7-5-8)19-13(14)15/h4-7,10,13H,2-3H2,1H3,(H2,16,20)(H,17,18). The molecule has 7 heteroatoms. The minimum absolute atomic E-state index is 0.00370. The molecular weight excluding hydrogens is 286 g/mol. The van der Waals surface area contributed by atoms with Gasteiger partial charge in [0.05, 0.1) is 11.0 Å². The second-order valence-electron chi connectivity index (χ2n) is 4.12. The molecule has 1 amide bonds. The highest BCUT2D eigenvalue weighted by atomic mass is 32.1. The van der Waals surface area contributed by atoms with Crippen LogP contribution in [0.3, 0.4) is 0 Å². The van der Waals surface area contributed by atoms with Gasteiger partial charge in [-0.05, 0) is 30.7 Å². The number of halogens is 2. The number of thiocarbonyl (C=S) groups is 1. The van der Waals surface area contributed by atoms with Crippen LogP contribution < -0.4 is 15.8 Å². The van der Waals surface area contributed by atoms with E-state index in [2.05, 4.69) is 10.1 Å². The number of ether oxygens (including phenoxy) is 1. The predicted molar refractivity (Wildman–Crippen MR) is 76.0 cm³/mol. The van der Waals surface area contributed by atoms with E-state index in [1.54, 1.807) is 0 Å². The molecule has 0 saturated carbocycles. The molecule has 20 heavy (non-hydrogen) atoms. The maximum Gasteiger partial charge on any atom is 0.387 e. The Morgan fingerprint density at radius 1 is 1.40 bits per heavy atom. The number of rotatable bonds is 7. The first kappa shape index (κ1) is 16.3. The zero-order valence-electron chi connectivity index (χ0n) is 10.9. The number of carbonyl (C=O) groups is 1. The monoisotopic (exact) mass is 302 g/mol. The van der Waals surface area contributed by atoms with E-state index < -0.39 is 6.61 Å². The van der Waals surface area contributed by atoms with Crippen molar-refractivity contribution < 1.29 is 18.3 Å². The van der Waals surface area contributed by atoms with Crippen molar-refractivity contribution >= 4 is 23.1 Å². The first-order chi connectivity index (χ1) is 9.43. The Labute approximate surface area is 121 Å². The highest BCUT2D eigenvalue weighted by Crippen LogP contribution is 2.15. The van der Waals surface area contributed by atoms with Crippen LogP contribution in [0.15, 0.2) is 24.3 Å². The molecule has 0 spiro atoms. The van der Waals surface area contributed by atoms with Crippen molar-refractivity contribution in [1.82, 2.24) is 5.32 Å². The maximum absolute atomic E-state index is 12.0. The molecule has 0 aliphatic rings. The number of benzene rings is 1. The third kappa shape index (κ3) is 5.08. The molecule has 1 unspecified atom stereocenters. The van der Waals surface area contributed by atoms with Crippen LogP contribution in [0.2, 0.25) is 0 Å². The van der Waals surface area contributed by atoms with Crippen LogP contribution in [0.4, 0.5) is 8.78 Å². The first-order valence-corrected chi connectivity index (χ1v) is 6.50. The highest BCUT2D eigenvalue weighted by molar-refractivity contribution is 7.80. The summed E-state index contributed by atoms with van der Waals surface area (Å²) in [5.74, 6) is -0.365. The average Bonchev–Trinajstić information content (AvgIpc) is 2.38. The van der Waals surface area contributed by atoms with Crippen LogP contribution in [0, 0.1) is 0 Å². The smallest absolute Gasteiger partial charge is 0.387 e. The number of alkyl halides is 2. The lowest BCUT2D eigenvalue weighted by atomic mass is 10.1. The number of carbonyl (C=O) groups excluding carboxylic acids is 1. The Morgan fingerprint density at radius 2 is 2.00 bits per heavy atom. The lowest BCUT2D eigenvalue weighted by Gasteiger charge is -2.16. The summed E-state index contributed by atoms with van der Waals surface area (Å²) in [4.78, 5) is 12.2. The fourth-order valence-electron chi connectivity index (χ4n) is 1.60. The van der Waals surface area contributed by atoms with E-state index in [0.717, 1.165) is 6.42 Å². The van der Waals surface area contributed by atoms with Gasteiger partial charge in [0.15, 0.2) is 0 Å². The summed E-state index contributed by atoms with van der Waals surface area (Å²) in [5.41, 5.74) is 5.86. The van der Waals surface area contributed by atoms with E-state index in [0.29, 0.717) is 12.0 Å². The van der Waals surface area contributed by atoms with E-state index in [9.17, 15) is 13.6 Å². The van der Waals surface area contributed by atoms with E-state index in [1.807, 2.05) is 6.92 Å². The summed E-state index contributed by atoms with van der Waals surface area (Å²) in [6, 6.07) is 5.03. The van der Waals surface area contributed by atoms with Crippen LogP contribution in [-0.4, -0.2) is 23.5 Å². The molecule has 1 aromatic rings. The Kier molecular flexibility index (Phi) is 6.30. The Balaban J connectivity index is 2.69. The van der Waals surface area contributed by atoms with Crippen molar-refractivity contribution in [2.75, 3.05) is 0 Å². The first-order valence-electron chi connectivity index (χ1n) is 6.09. The van der Waals surface area contributed by atoms with Gasteiger partial charge in [-0.1, -0.05) is 25.6 Å². The lowest BCUT2D eigenvalue weighted by Crippen LogP contribution is -2.43. The molecule has 4 nitrogen and oxygen atoms in total. The van der Waals surface area contributed by atoms with Gasteiger partial charge in [0.2, 0.25) is 0 Å². The summed E-state index contributed by atoms with van der Waals surface area (Å²) < 4.78 is 28.2. The summed E-state index contributed by atoms with van der Waals surface area (Å²) >= 11 is 4.88. The van der Waals surface area contributed by atoms with Crippen molar-refractivity contribution in [3.05, 3.63) is 29.8 Å². The number of hydrogen-bond donors (Lipinski definition) is 2. The molecule has 0 aromatic heterocycles. The van der Waals surface area contributed by atoms with Gasteiger partial charge >= 0.3 is 6.61 Å². The molecule has 1 atom stereocenters. The van der Waals surface area contributed by atoms with Crippen molar-refractivity contribution in [1.29, 1.82) is 0 Å². The number of hydrogen-bond acceptors (Lipinski definition) is 3. The van der Waals surface area contributed by atoms with Gasteiger partial charge in [0.1, 0.15) is 5.75 Å². The molecule has 0 saturated heterocycles. The van der Waals surface area contributed by atoms with Gasteiger partial charge in [-0.25, -0.2) is 0 Å². The van der Waals surface area contributed by atoms with E-state index in [-0.39, 0.29) is 22.7 Å². The van der Waals surface area contributed by atoms with Crippen molar-refractivity contribution in [2.45, 2.75) is 32.4 Å². The van der Waals surface area contributed by atoms with Gasteiger partial charge in [0.25, 0.3) is 5.91 Å². The van der Waals surface area contributed by atoms with Gasteiger partial charge in [0, 0.05) is 5.56 Å². The minimum atomic E-state index is -2.89. The fraction of sp³-hybridized carbons (Fsp3) is 0.385. The van der Waals surface area contributed by atoms with Crippen LogP contribution in [0.25, 0.3) is 0 Å². The average molecular weight is 302 g/mol. The zero-order valence-corrected chi connectivity index (χ0v) is 11.8. The topological polar surface area (TPSA) is 64.3 Å². The number of nitrogens with one attached hydrogen (secondary N) is 1. The third-order valence-electron chi connectivity index (χ3n) is 2.57. The molecule has 1 rings (SSSR count). The molecule has 0 aliphatic heterocycles. The van der Waals surface area contributed by atoms with Gasteiger partial charge in [-0.15, -0.1) is 0 Å². The summed E-state index contributed by atoms with van der Waals surface area (Å²) in [7, 11) is 0. The molecular formula is C13H16F2N2O2S. The molecule has 0 radical (unpaired) electrons. The van der Waals surface area contributed by atoms with E-state index in [1.165, 1.54) is 24.3 Å². The Bertz CT molecular complexity index is 466. The van der Waals surface area contributed by atoms with Crippen LogP contribution >= 0.6 is 12.2 Å². The molecule has 0 aliphatic carbocycles. The largest absolute Gasteiger partial charge is 0.435 e. The van der Waals surface area contributed by atoms with Gasteiger partial charge < -0.3 is 15.8 Å². The highest BCUT2D eigenvalue weighted by Gasteiger charge is 2.15. The Hall–Kier alpha value is -1.76. The number of amides is 1. The summed E-state index contributed by atoms with van der Waals surface area (Å²) in [6.45, 7) is -0.938. The van der Waals surface area contributed by atoms with Crippen molar-refractivity contribution in [3.8, 4) is 5.75 Å². The molecule has 1 aromatic carbocycles. The third-order valence-corrected chi connectivity index (χ3v) is 2.85. The lowest BCUT2D eigenvalue weighted by molar-refractivity contribution is -0.0498. The molecule has 0 fully saturated rings. The minimum Gasteiger partial charge on any atom is -0.435 e. The van der Waals surface area contributed by atoms with Gasteiger partial charge in [-0.3, -0.25) is 4.79 Å². The second-order valence-corrected chi connectivity index (χ2v) is 4.59. The molecule has 0 bridgehead atoms. The molecule has 110 valence electrons. The maximum atomic E-state index is 12.0. The molecule has 0 heterocycles. The predicted octanol–water partition coefficient (Wildman–Crippen LogP) is 2.47.